The summed E-state index contributed by atoms with van der Waals surface area (Å²) in [6, 6.07) is 4.63. The van der Waals surface area contributed by atoms with Crippen molar-refractivity contribution in [3.05, 3.63) is 23.3 Å². The van der Waals surface area contributed by atoms with Crippen LogP contribution in [-0.4, -0.2) is 8.42 Å². The van der Waals surface area contributed by atoms with Gasteiger partial charge >= 0.3 is 0 Å². The van der Waals surface area contributed by atoms with Crippen LogP contribution in [0.4, 0.5) is 0 Å². The molecule has 0 saturated carbocycles. The molecule has 0 spiro atoms. The fourth-order valence-electron chi connectivity index (χ4n) is 1.02. The average molecular weight is 327 g/mol. The molecule has 0 aliphatic carbocycles. The van der Waals surface area contributed by atoms with Gasteiger partial charge in [0.15, 0.2) is 0 Å². The van der Waals surface area contributed by atoms with Crippen molar-refractivity contribution in [3.8, 4) is 6.07 Å². The molecule has 1 aromatic rings. The number of hydrogen-bond acceptors (Lipinski definition) is 4. The van der Waals surface area contributed by atoms with E-state index in [-0.39, 0.29) is 15.4 Å². The maximum absolute atomic E-state index is 11.1. The lowest BCUT2D eigenvalue weighted by atomic mass is 10.1. The van der Waals surface area contributed by atoms with E-state index in [1.165, 1.54) is 12.1 Å². The second-order valence-electron chi connectivity index (χ2n) is 2.66. The van der Waals surface area contributed by atoms with E-state index in [0.717, 1.165) is 0 Å². The Balaban J connectivity index is 3.55. The van der Waals surface area contributed by atoms with Crippen molar-refractivity contribution in [3.63, 3.8) is 0 Å². The molecule has 0 unspecified atom stereocenters. The highest BCUT2D eigenvalue weighted by Crippen LogP contribution is 2.27. The van der Waals surface area contributed by atoms with Gasteiger partial charge in [0, 0.05) is 20.9 Å². The molecule has 0 atom stereocenters. The summed E-state index contributed by atoms with van der Waals surface area (Å²) < 4.78 is 22.2. The standard InChI is InChI=1S/C8H5BrClNO2S2/c9-3-5-1-7(14)8(15(10,12)13)2-6(5)4-11/h1-2,14H,3H2. The number of nitrogens with zero attached hydrogens (tertiary/aromatic N) is 1. The molecule has 15 heavy (non-hydrogen) atoms. The van der Waals surface area contributed by atoms with Crippen LogP contribution in [0.25, 0.3) is 0 Å². The van der Waals surface area contributed by atoms with Crippen molar-refractivity contribution in [1.29, 1.82) is 5.26 Å². The molecule has 0 aromatic heterocycles. The molecule has 0 aliphatic heterocycles. The van der Waals surface area contributed by atoms with Crippen molar-refractivity contribution in [2.45, 2.75) is 15.1 Å². The Kier molecular flexibility index (Phi) is 4.06. The summed E-state index contributed by atoms with van der Waals surface area (Å²) in [7, 11) is 1.33. The summed E-state index contributed by atoms with van der Waals surface area (Å²) in [5.74, 6) is 0. The van der Waals surface area contributed by atoms with Gasteiger partial charge in [0.1, 0.15) is 0 Å². The molecule has 0 N–H and O–H groups in total. The zero-order valence-electron chi connectivity index (χ0n) is 7.24. The van der Waals surface area contributed by atoms with Gasteiger partial charge in [0.2, 0.25) is 0 Å². The second kappa shape index (κ2) is 4.74. The monoisotopic (exact) mass is 325 g/mol. The molecular weight excluding hydrogens is 322 g/mol. The molecule has 1 rings (SSSR count). The number of thiol groups is 1. The summed E-state index contributed by atoms with van der Waals surface area (Å²) in [5, 5.41) is 9.25. The Bertz CT molecular complexity index is 536. The van der Waals surface area contributed by atoms with E-state index in [0.29, 0.717) is 10.9 Å². The Hall–Kier alpha value is -0.220. The normalized spacial score (nSPS) is 11.1. The average Bonchev–Trinajstić information content (AvgIpc) is 2.15. The molecule has 0 saturated heterocycles. The first-order valence-corrected chi connectivity index (χ1v) is 7.54. The molecule has 0 amide bonds. The summed E-state index contributed by atoms with van der Waals surface area (Å²) in [4.78, 5) is 0.0900. The van der Waals surface area contributed by atoms with E-state index in [9.17, 15) is 8.42 Å². The maximum atomic E-state index is 11.1. The topological polar surface area (TPSA) is 57.9 Å². The molecule has 1 aromatic carbocycles. The lowest BCUT2D eigenvalue weighted by Gasteiger charge is -2.05. The van der Waals surface area contributed by atoms with E-state index >= 15 is 0 Å². The molecule has 80 valence electrons. The zero-order chi connectivity index (χ0) is 11.6. The minimum atomic E-state index is -3.86. The molecule has 0 aliphatic rings. The van der Waals surface area contributed by atoms with E-state index in [1.54, 1.807) is 0 Å². The van der Waals surface area contributed by atoms with Crippen molar-refractivity contribution in [2.24, 2.45) is 0 Å². The smallest absolute Gasteiger partial charge is 0.207 e. The number of alkyl halides is 1. The lowest BCUT2D eigenvalue weighted by molar-refractivity contribution is 0.607. The van der Waals surface area contributed by atoms with Gasteiger partial charge in [0.05, 0.1) is 16.5 Å². The van der Waals surface area contributed by atoms with Gasteiger partial charge in [-0.2, -0.15) is 5.26 Å². The third-order valence-corrected chi connectivity index (χ3v) is 4.20. The first-order chi connectivity index (χ1) is 6.90. The highest BCUT2D eigenvalue weighted by molar-refractivity contribution is 9.08. The number of rotatable bonds is 2. The lowest BCUT2D eigenvalue weighted by Crippen LogP contribution is -1.96. The third kappa shape index (κ3) is 2.88. The SMILES string of the molecule is N#Cc1cc(S(=O)(=O)Cl)c(S)cc1CBr. The largest absolute Gasteiger partial charge is 0.262 e. The van der Waals surface area contributed by atoms with Crippen LogP contribution in [0.5, 0.6) is 0 Å². The van der Waals surface area contributed by atoms with E-state index < -0.39 is 9.05 Å². The Morgan fingerprint density at radius 1 is 1.53 bits per heavy atom. The maximum Gasteiger partial charge on any atom is 0.262 e. The van der Waals surface area contributed by atoms with Crippen molar-refractivity contribution in [2.75, 3.05) is 0 Å². The van der Waals surface area contributed by atoms with E-state index in [2.05, 4.69) is 28.6 Å². The second-order valence-corrected chi connectivity index (χ2v) is 6.24. The Morgan fingerprint density at radius 2 is 2.13 bits per heavy atom. The predicted octanol–water partition coefficient (Wildman–Crippen LogP) is 2.67. The molecule has 0 bridgehead atoms. The summed E-state index contributed by atoms with van der Waals surface area (Å²) in [6.45, 7) is 0. The first kappa shape index (κ1) is 12.8. The van der Waals surface area contributed by atoms with Crippen LogP contribution in [0.15, 0.2) is 21.9 Å². The van der Waals surface area contributed by atoms with Crippen molar-refractivity contribution < 1.29 is 8.42 Å². The van der Waals surface area contributed by atoms with E-state index in [1.807, 2.05) is 6.07 Å². The highest BCUT2D eigenvalue weighted by atomic mass is 79.9. The van der Waals surface area contributed by atoms with Crippen LogP contribution in [0.3, 0.4) is 0 Å². The number of benzene rings is 1. The molecule has 0 heterocycles. The molecule has 3 nitrogen and oxygen atoms in total. The predicted molar refractivity (Wildman–Crippen MR) is 64.1 cm³/mol. The number of nitriles is 1. The van der Waals surface area contributed by atoms with Gasteiger partial charge in [-0.25, -0.2) is 8.42 Å². The van der Waals surface area contributed by atoms with Crippen LogP contribution < -0.4 is 0 Å². The molecule has 0 fully saturated rings. The summed E-state index contributed by atoms with van der Waals surface area (Å²) >= 11 is 7.20. The van der Waals surface area contributed by atoms with Crippen LogP contribution >= 0.6 is 39.2 Å². The summed E-state index contributed by atoms with van der Waals surface area (Å²) in [6.07, 6.45) is 0. The first-order valence-electron chi connectivity index (χ1n) is 3.66. The van der Waals surface area contributed by atoms with Gasteiger partial charge in [-0.3, -0.25) is 0 Å². The molecule has 0 radical (unpaired) electrons. The van der Waals surface area contributed by atoms with Crippen LogP contribution in [0, 0.1) is 11.3 Å². The minimum Gasteiger partial charge on any atom is -0.207 e. The van der Waals surface area contributed by atoms with Crippen molar-refractivity contribution >= 4 is 48.3 Å². The zero-order valence-corrected chi connectivity index (χ0v) is 11.3. The quantitative estimate of drug-likeness (QED) is 0.516. The fourth-order valence-corrected chi connectivity index (χ4v) is 3.18. The molecular formula is C8H5BrClNO2S2. The number of halogens is 2. The van der Waals surface area contributed by atoms with E-state index in [4.69, 9.17) is 15.9 Å². The van der Waals surface area contributed by atoms with Crippen molar-refractivity contribution in [1.82, 2.24) is 0 Å². The Labute approximate surface area is 106 Å². The minimum absolute atomic E-state index is 0.145. The Morgan fingerprint density at radius 3 is 2.53 bits per heavy atom. The van der Waals surface area contributed by atoms with Gasteiger partial charge in [-0.1, -0.05) is 15.9 Å². The highest BCUT2D eigenvalue weighted by Gasteiger charge is 2.16. The van der Waals surface area contributed by atoms with Crippen LogP contribution in [0.1, 0.15) is 11.1 Å². The summed E-state index contributed by atoms with van der Waals surface area (Å²) in [5.41, 5.74) is 0.940. The number of hydrogen-bond donors (Lipinski definition) is 1. The van der Waals surface area contributed by atoms with Crippen LogP contribution in [-0.2, 0) is 14.4 Å². The van der Waals surface area contributed by atoms with Gasteiger partial charge in [-0.05, 0) is 17.7 Å². The molecule has 7 heteroatoms. The van der Waals surface area contributed by atoms with Crippen LogP contribution in [0.2, 0.25) is 0 Å². The van der Waals surface area contributed by atoms with Gasteiger partial charge in [-0.15, -0.1) is 12.6 Å². The van der Waals surface area contributed by atoms with Gasteiger partial charge < -0.3 is 0 Å². The third-order valence-electron chi connectivity index (χ3n) is 1.71. The van der Waals surface area contributed by atoms with Gasteiger partial charge in [0.25, 0.3) is 9.05 Å². The fraction of sp³-hybridized carbons (Fsp3) is 0.125.